The topological polar surface area (TPSA) is 399 Å². The van der Waals surface area contributed by atoms with Gasteiger partial charge in [0.25, 0.3) is 0 Å². The zero-order valence-corrected chi connectivity index (χ0v) is 47.6. The first kappa shape index (κ1) is 63.8. The van der Waals surface area contributed by atoms with Gasteiger partial charge in [0.05, 0.1) is 31.5 Å². The van der Waals surface area contributed by atoms with Gasteiger partial charge in [-0.05, 0) is 107 Å². The van der Waals surface area contributed by atoms with E-state index in [-0.39, 0.29) is 61.2 Å². The van der Waals surface area contributed by atoms with Gasteiger partial charge in [0, 0.05) is 35.6 Å². The Hall–Kier alpha value is -8.39. The molecule has 0 aliphatic rings. The van der Waals surface area contributed by atoms with Crippen LogP contribution < -0.4 is 53.7 Å². The lowest BCUT2D eigenvalue weighted by Gasteiger charge is -2.14. The molecule has 436 valence electrons. The number of hydrogen-bond acceptors (Lipinski definition) is 18. The molecule has 2 aromatic heterocycles. The second-order valence-corrected chi connectivity index (χ2v) is 21.9. The Labute approximate surface area is 492 Å². The van der Waals surface area contributed by atoms with E-state index < -0.39 is 52.7 Å². The van der Waals surface area contributed by atoms with Crippen LogP contribution in [0.5, 0.6) is 11.5 Å². The van der Waals surface area contributed by atoms with Gasteiger partial charge in [0.15, 0.2) is 0 Å². The van der Waals surface area contributed by atoms with E-state index in [1.807, 2.05) is 0 Å². The number of benzene rings is 6. The molecule has 33 heteroatoms. The largest absolute Gasteiger partial charge is 0.487 e. The monoisotopic (exact) mass is 1280 g/mol. The predicted molar refractivity (Wildman–Crippen MR) is 310 cm³/mol. The van der Waals surface area contributed by atoms with Crippen LogP contribution in [-0.2, 0) is 57.1 Å². The second-order valence-electron chi connectivity index (χ2n) is 16.7. The van der Waals surface area contributed by atoms with E-state index in [4.69, 9.17) is 96.3 Å². The lowest BCUT2D eigenvalue weighted by molar-refractivity contribution is 0.251. The van der Waals surface area contributed by atoms with Gasteiger partial charge in [-0.3, -0.25) is 9.11 Å². The molecule has 0 bridgehead atoms. The molecule has 8 rings (SSSR count). The van der Waals surface area contributed by atoms with Crippen molar-refractivity contribution in [1.29, 1.82) is 0 Å². The Bertz CT molecular complexity index is 3820. The SMILES string of the molecule is Nc1nc(N)c(-c2ccc(Cl)c(Cl)c2)c(COc2cccc(CNC(=O)Nc3cccc(S(=O)(=O)F)c3)c2)n1.Nc1nc(N)c(-c2ccc(Cl)c(Cl)c2)c(COc2cccc(CNC(=O)Nc3cccc(S(=O)(=O)F)c3)c2)n1.O=S(=O)(O)O. The van der Waals surface area contributed by atoms with E-state index in [0.717, 1.165) is 24.3 Å². The summed E-state index contributed by atoms with van der Waals surface area (Å²) < 4.78 is 114. The van der Waals surface area contributed by atoms with Crippen LogP contribution in [-0.4, -0.2) is 66.4 Å². The van der Waals surface area contributed by atoms with Crippen LogP contribution in [0.2, 0.25) is 20.1 Å². The van der Waals surface area contributed by atoms with Gasteiger partial charge in [-0.2, -0.15) is 35.2 Å². The minimum absolute atomic E-state index is 0.00230. The third-order valence-electron chi connectivity index (χ3n) is 10.7. The lowest BCUT2D eigenvalue weighted by Crippen LogP contribution is -2.28. The molecule has 0 saturated carbocycles. The van der Waals surface area contributed by atoms with Crippen LogP contribution in [0.25, 0.3) is 22.3 Å². The summed E-state index contributed by atoms with van der Waals surface area (Å²) >= 11 is 24.4. The first-order chi connectivity index (χ1) is 39.0. The fourth-order valence-electron chi connectivity index (χ4n) is 7.19. The highest BCUT2D eigenvalue weighted by Crippen LogP contribution is 2.36. The van der Waals surface area contributed by atoms with Gasteiger partial charge in [-0.15, -0.1) is 7.77 Å². The van der Waals surface area contributed by atoms with Crippen LogP contribution in [0.1, 0.15) is 22.5 Å². The van der Waals surface area contributed by atoms with Crippen molar-refractivity contribution in [1.82, 2.24) is 30.6 Å². The smallest absolute Gasteiger partial charge is 0.394 e. The Morgan fingerprint density at radius 1 is 0.494 bits per heavy atom. The number of nitrogens with zero attached hydrogens (tertiary/aromatic N) is 4. The van der Waals surface area contributed by atoms with Crippen molar-refractivity contribution in [3.8, 4) is 33.8 Å². The molecule has 0 aliphatic carbocycles. The van der Waals surface area contributed by atoms with E-state index in [2.05, 4.69) is 41.2 Å². The first-order valence-corrected chi connectivity index (χ1v) is 28.7. The van der Waals surface area contributed by atoms with E-state index >= 15 is 0 Å². The Morgan fingerprint density at radius 2 is 0.855 bits per heavy atom. The van der Waals surface area contributed by atoms with Crippen LogP contribution >= 0.6 is 46.4 Å². The highest BCUT2D eigenvalue weighted by Gasteiger charge is 2.19. The molecule has 4 amide bonds. The molecule has 0 radical (unpaired) electrons. The number of nitrogen functional groups attached to an aromatic ring is 4. The van der Waals surface area contributed by atoms with Crippen LogP contribution in [0.15, 0.2) is 143 Å². The van der Waals surface area contributed by atoms with Crippen molar-refractivity contribution in [2.45, 2.75) is 36.1 Å². The van der Waals surface area contributed by atoms with E-state index in [0.29, 0.717) is 76.4 Å². The quantitative estimate of drug-likeness (QED) is 0.0318. The molecule has 0 saturated heterocycles. The van der Waals surface area contributed by atoms with Crippen LogP contribution in [0, 0.1) is 0 Å². The molecule has 0 fully saturated rings. The number of hydrogen-bond donors (Lipinski definition) is 10. The second kappa shape index (κ2) is 28.1. The van der Waals surface area contributed by atoms with E-state index in [9.17, 15) is 34.2 Å². The number of anilines is 6. The average Bonchev–Trinajstić information content (AvgIpc) is 3.60. The Balaban J connectivity index is 0.000000246. The molecular formula is C50H44Cl4F2N12O12S3. The predicted octanol–water partition coefficient (Wildman–Crippen LogP) is 9.69. The zero-order chi connectivity index (χ0) is 60.8. The summed E-state index contributed by atoms with van der Waals surface area (Å²) in [6, 6.07) is 32.3. The van der Waals surface area contributed by atoms with E-state index in [1.54, 1.807) is 84.9 Å². The Morgan fingerprint density at radius 3 is 1.20 bits per heavy atom. The molecule has 2 heterocycles. The summed E-state index contributed by atoms with van der Waals surface area (Å²) in [4.78, 5) is 40.1. The number of carbonyl (C=O) groups is 2. The highest BCUT2D eigenvalue weighted by atomic mass is 35.5. The third kappa shape index (κ3) is 19.9. The minimum atomic E-state index is -4.89. The maximum atomic E-state index is 13.2. The molecule has 0 spiro atoms. The number of urea groups is 2. The van der Waals surface area contributed by atoms with Gasteiger partial charge in [0.2, 0.25) is 11.9 Å². The van der Waals surface area contributed by atoms with Crippen molar-refractivity contribution in [3.05, 3.63) is 176 Å². The number of aromatic nitrogens is 4. The molecular weight excluding hydrogens is 1240 g/mol. The molecule has 14 N–H and O–H groups in total. The number of nitrogens with one attached hydrogen (secondary N) is 4. The number of amides is 4. The minimum Gasteiger partial charge on any atom is -0.487 e. The van der Waals surface area contributed by atoms with Gasteiger partial charge in [0.1, 0.15) is 46.1 Å². The molecule has 0 atom stereocenters. The van der Waals surface area contributed by atoms with E-state index in [1.165, 1.54) is 24.3 Å². The van der Waals surface area contributed by atoms with Crippen molar-refractivity contribution < 1.29 is 61.2 Å². The number of rotatable bonds is 16. The molecule has 0 aliphatic heterocycles. The summed E-state index contributed by atoms with van der Waals surface area (Å²) in [6.07, 6.45) is 0. The van der Waals surface area contributed by atoms with Crippen molar-refractivity contribution in [3.63, 3.8) is 0 Å². The fourth-order valence-corrected chi connectivity index (χ4v) is 8.81. The number of ether oxygens (including phenoxy) is 2. The third-order valence-corrected chi connectivity index (χ3v) is 13.8. The summed E-state index contributed by atoms with van der Waals surface area (Å²) in [5.41, 5.74) is 28.6. The Kier molecular flexibility index (Phi) is 21.6. The van der Waals surface area contributed by atoms with Crippen molar-refractivity contribution in [2.24, 2.45) is 0 Å². The maximum Gasteiger partial charge on any atom is 0.394 e. The lowest BCUT2D eigenvalue weighted by atomic mass is 10.0. The standard InChI is InChI=1S/2C25H21Cl2FN6O4S.H2O4S/c2*26-19-8-7-15(10-20(19)27)22-21(33-24(30)34-23(22)29)13-38-17-5-1-3-14(9-17)12-31-25(35)32-16-4-2-6-18(11-16)39(28,36)37;1-5(2,3)4/h2*1-11H,12-13H2,(H2,31,32,35)(H4,29,30,33,34);(H2,1,2,3,4). The van der Waals surface area contributed by atoms with Crippen molar-refractivity contribution in [2.75, 3.05) is 33.6 Å². The summed E-state index contributed by atoms with van der Waals surface area (Å²) in [5, 5.41) is 11.6. The average molecular weight is 1280 g/mol. The number of nitrogens with two attached hydrogens (primary N) is 4. The van der Waals surface area contributed by atoms with Gasteiger partial charge in [-0.25, -0.2) is 19.6 Å². The summed E-state index contributed by atoms with van der Waals surface area (Å²) in [5.74, 6) is 1.22. The summed E-state index contributed by atoms with van der Waals surface area (Å²) in [6.45, 7) is 0.230. The molecule has 6 aromatic carbocycles. The number of halogens is 6. The maximum absolute atomic E-state index is 13.2. The highest BCUT2D eigenvalue weighted by molar-refractivity contribution is 7.86. The van der Waals surface area contributed by atoms with Gasteiger partial charge < -0.3 is 53.7 Å². The molecule has 24 nitrogen and oxygen atoms in total. The fraction of sp³-hybridized carbons (Fsp3) is 0.0800. The molecule has 8 aromatic rings. The first-order valence-electron chi connectivity index (χ1n) is 23.1. The molecule has 83 heavy (non-hydrogen) atoms. The van der Waals surface area contributed by atoms with Gasteiger partial charge in [-0.1, -0.05) is 94.9 Å². The van der Waals surface area contributed by atoms with Crippen molar-refractivity contribution >= 4 is 124 Å². The molecule has 0 unspecified atom stereocenters. The van der Waals surface area contributed by atoms with Crippen LogP contribution in [0.3, 0.4) is 0 Å². The van der Waals surface area contributed by atoms with Crippen LogP contribution in [0.4, 0.5) is 52.3 Å². The normalized spacial score (nSPS) is 11.2. The van der Waals surface area contributed by atoms with Gasteiger partial charge >= 0.3 is 42.9 Å². The zero-order valence-electron chi connectivity index (χ0n) is 42.1. The summed E-state index contributed by atoms with van der Waals surface area (Å²) in [7, 11) is -14.5. The number of carbonyl (C=O) groups excluding carboxylic acids is 2.